The van der Waals surface area contributed by atoms with Crippen LogP contribution < -0.4 is 10.6 Å². The summed E-state index contributed by atoms with van der Waals surface area (Å²) in [6, 6.07) is 0.600. The fourth-order valence-corrected chi connectivity index (χ4v) is 3.64. The zero-order valence-electron chi connectivity index (χ0n) is 15.6. The van der Waals surface area contributed by atoms with Crippen molar-refractivity contribution in [3.8, 4) is 0 Å². The molecule has 4 unspecified atom stereocenters. The van der Waals surface area contributed by atoms with E-state index < -0.39 is 0 Å². The standard InChI is InChI=1S/C17H30N6O.HI/c1-5-18-17(21-14-8-13-6-7-16(14)24-13)19-10-15(22(2)3)12-9-20-23(4)11-12;/h9,11,13-16H,5-8,10H2,1-4H3,(H2,18,19,21);1H. The van der Waals surface area contributed by atoms with Crippen molar-refractivity contribution < 1.29 is 4.74 Å². The Morgan fingerprint density at radius 1 is 1.48 bits per heavy atom. The Hall–Kier alpha value is -0.870. The third-order valence-electron chi connectivity index (χ3n) is 4.93. The second-order valence-corrected chi connectivity index (χ2v) is 7.01. The molecule has 4 atom stereocenters. The molecule has 1 aromatic rings. The molecule has 0 radical (unpaired) electrons. The zero-order chi connectivity index (χ0) is 17.1. The molecular formula is C17H31IN6O. The average molecular weight is 462 g/mol. The first-order valence-electron chi connectivity index (χ1n) is 8.92. The number of fused-ring (bicyclic) bond motifs is 2. The van der Waals surface area contributed by atoms with E-state index in [0.29, 0.717) is 24.8 Å². The van der Waals surface area contributed by atoms with E-state index in [2.05, 4.69) is 47.8 Å². The van der Waals surface area contributed by atoms with Crippen molar-refractivity contribution >= 4 is 29.9 Å². The number of likely N-dealkylation sites (N-methyl/N-ethyl adjacent to an activating group) is 1. The van der Waals surface area contributed by atoms with Gasteiger partial charge in [0.25, 0.3) is 0 Å². The quantitative estimate of drug-likeness (QED) is 0.381. The number of nitrogens with zero attached hydrogens (tertiary/aromatic N) is 4. The second kappa shape index (κ2) is 9.18. The smallest absolute Gasteiger partial charge is 0.191 e. The normalized spacial score (nSPS) is 26.6. The van der Waals surface area contributed by atoms with Gasteiger partial charge < -0.3 is 20.3 Å². The summed E-state index contributed by atoms with van der Waals surface area (Å²) < 4.78 is 7.77. The fraction of sp³-hybridized carbons (Fsp3) is 0.765. The van der Waals surface area contributed by atoms with Gasteiger partial charge in [0.1, 0.15) is 0 Å². The van der Waals surface area contributed by atoms with Crippen LogP contribution in [0.5, 0.6) is 0 Å². The molecule has 2 bridgehead atoms. The van der Waals surface area contributed by atoms with E-state index in [1.54, 1.807) is 0 Å². The van der Waals surface area contributed by atoms with Gasteiger partial charge in [0.2, 0.25) is 0 Å². The van der Waals surface area contributed by atoms with Crippen molar-refractivity contribution in [2.24, 2.45) is 12.0 Å². The lowest BCUT2D eigenvalue weighted by Crippen LogP contribution is -2.47. The monoisotopic (exact) mass is 462 g/mol. The molecule has 0 amide bonds. The fourth-order valence-electron chi connectivity index (χ4n) is 3.64. The first kappa shape index (κ1) is 20.4. The predicted octanol–water partition coefficient (Wildman–Crippen LogP) is 1.52. The SMILES string of the molecule is CCNC(=NCC(c1cnn(C)c1)N(C)C)NC1CC2CCC1O2.I. The zero-order valence-corrected chi connectivity index (χ0v) is 17.9. The number of aromatic nitrogens is 2. The molecule has 3 rings (SSSR count). The van der Waals surface area contributed by atoms with E-state index in [4.69, 9.17) is 9.73 Å². The van der Waals surface area contributed by atoms with Gasteiger partial charge in [-0.3, -0.25) is 9.67 Å². The molecule has 0 saturated carbocycles. The Bertz CT molecular complexity index is 575. The van der Waals surface area contributed by atoms with Crippen LogP contribution in [0.3, 0.4) is 0 Å². The molecule has 2 fully saturated rings. The van der Waals surface area contributed by atoms with Gasteiger partial charge >= 0.3 is 0 Å². The lowest BCUT2D eigenvalue weighted by molar-refractivity contribution is 0.0992. The van der Waals surface area contributed by atoms with Crippen LogP contribution in [0, 0.1) is 0 Å². The van der Waals surface area contributed by atoms with Crippen molar-refractivity contribution in [2.45, 2.75) is 50.5 Å². The van der Waals surface area contributed by atoms with Gasteiger partial charge in [-0.05, 0) is 40.3 Å². The highest BCUT2D eigenvalue weighted by Gasteiger charge is 2.41. The summed E-state index contributed by atoms with van der Waals surface area (Å²) in [5, 5.41) is 11.2. The minimum Gasteiger partial charge on any atom is -0.373 e. The number of aryl methyl sites for hydroxylation is 1. The predicted molar refractivity (Wildman–Crippen MR) is 110 cm³/mol. The molecule has 2 aliphatic heterocycles. The first-order valence-corrected chi connectivity index (χ1v) is 8.92. The molecular weight excluding hydrogens is 431 g/mol. The van der Waals surface area contributed by atoms with E-state index in [9.17, 15) is 0 Å². The molecule has 25 heavy (non-hydrogen) atoms. The van der Waals surface area contributed by atoms with Crippen molar-refractivity contribution in [1.29, 1.82) is 0 Å². The lowest BCUT2D eigenvalue weighted by atomic mass is 9.96. The number of nitrogens with one attached hydrogen (secondary N) is 2. The number of rotatable bonds is 6. The van der Waals surface area contributed by atoms with Crippen LogP contribution in [-0.2, 0) is 11.8 Å². The Kier molecular flexibility index (Phi) is 7.51. The maximum atomic E-state index is 5.94. The molecule has 2 aliphatic rings. The molecule has 2 saturated heterocycles. The Morgan fingerprint density at radius 3 is 2.80 bits per heavy atom. The number of halogens is 1. The molecule has 0 aliphatic carbocycles. The van der Waals surface area contributed by atoms with Gasteiger partial charge in [-0.15, -0.1) is 24.0 Å². The summed E-state index contributed by atoms with van der Waals surface area (Å²) in [7, 11) is 6.11. The summed E-state index contributed by atoms with van der Waals surface area (Å²) in [5.41, 5.74) is 1.19. The maximum Gasteiger partial charge on any atom is 0.191 e. The third-order valence-corrected chi connectivity index (χ3v) is 4.93. The van der Waals surface area contributed by atoms with Gasteiger partial charge in [-0.2, -0.15) is 5.10 Å². The van der Waals surface area contributed by atoms with Crippen LogP contribution in [-0.4, -0.2) is 66.1 Å². The third kappa shape index (κ3) is 5.07. The topological polar surface area (TPSA) is 66.7 Å². The number of aliphatic imine (C=N–C) groups is 1. The summed E-state index contributed by atoms with van der Waals surface area (Å²) in [4.78, 5) is 7.01. The van der Waals surface area contributed by atoms with Crippen molar-refractivity contribution in [2.75, 3.05) is 27.2 Å². The highest BCUT2D eigenvalue weighted by atomic mass is 127. The van der Waals surface area contributed by atoms with Crippen molar-refractivity contribution in [3.63, 3.8) is 0 Å². The van der Waals surface area contributed by atoms with E-state index in [0.717, 1.165) is 25.3 Å². The number of hydrogen-bond acceptors (Lipinski definition) is 4. The molecule has 7 nitrogen and oxygen atoms in total. The minimum atomic E-state index is 0. The highest BCUT2D eigenvalue weighted by molar-refractivity contribution is 14.0. The maximum absolute atomic E-state index is 5.94. The summed E-state index contributed by atoms with van der Waals surface area (Å²) in [6.45, 7) is 3.64. The molecule has 3 heterocycles. The molecule has 2 N–H and O–H groups in total. The summed E-state index contributed by atoms with van der Waals surface area (Å²) >= 11 is 0. The van der Waals surface area contributed by atoms with Gasteiger partial charge in [0.05, 0.1) is 37.0 Å². The van der Waals surface area contributed by atoms with Crippen molar-refractivity contribution in [1.82, 2.24) is 25.3 Å². The summed E-state index contributed by atoms with van der Waals surface area (Å²) in [6.07, 6.45) is 8.24. The Balaban J connectivity index is 0.00000225. The van der Waals surface area contributed by atoms with Gasteiger partial charge in [-0.1, -0.05) is 0 Å². The molecule has 8 heteroatoms. The van der Waals surface area contributed by atoms with Gasteiger partial charge in [0.15, 0.2) is 5.96 Å². The lowest BCUT2D eigenvalue weighted by Gasteiger charge is -2.25. The summed E-state index contributed by atoms with van der Waals surface area (Å²) in [5.74, 6) is 0.884. The van der Waals surface area contributed by atoms with Crippen LogP contribution in [0.1, 0.15) is 37.8 Å². The van der Waals surface area contributed by atoms with Gasteiger partial charge in [0, 0.05) is 25.4 Å². The average Bonchev–Trinajstić information content (AvgIpc) is 3.24. The first-order chi connectivity index (χ1) is 11.6. The van der Waals surface area contributed by atoms with E-state index in [1.165, 1.54) is 12.0 Å². The van der Waals surface area contributed by atoms with Crippen LogP contribution in [0.4, 0.5) is 0 Å². The largest absolute Gasteiger partial charge is 0.373 e. The van der Waals surface area contributed by atoms with E-state index in [-0.39, 0.29) is 30.0 Å². The van der Waals surface area contributed by atoms with Crippen LogP contribution >= 0.6 is 24.0 Å². The van der Waals surface area contributed by atoms with Crippen LogP contribution in [0.2, 0.25) is 0 Å². The van der Waals surface area contributed by atoms with Crippen LogP contribution in [0.25, 0.3) is 0 Å². The Morgan fingerprint density at radius 2 is 2.28 bits per heavy atom. The van der Waals surface area contributed by atoms with Crippen LogP contribution in [0.15, 0.2) is 17.4 Å². The molecule has 0 spiro atoms. The van der Waals surface area contributed by atoms with Crippen molar-refractivity contribution in [3.05, 3.63) is 18.0 Å². The minimum absolute atomic E-state index is 0. The number of guanidine groups is 1. The number of hydrogen-bond donors (Lipinski definition) is 2. The van der Waals surface area contributed by atoms with E-state index in [1.807, 2.05) is 17.9 Å². The molecule has 0 aromatic carbocycles. The second-order valence-electron chi connectivity index (χ2n) is 7.01. The van der Waals surface area contributed by atoms with E-state index >= 15 is 0 Å². The Labute approximate surface area is 167 Å². The highest BCUT2D eigenvalue weighted by Crippen LogP contribution is 2.34. The molecule has 1 aromatic heterocycles. The molecule has 142 valence electrons. The van der Waals surface area contributed by atoms with Gasteiger partial charge in [-0.25, -0.2) is 0 Å². The number of ether oxygens (including phenoxy) is 1.